The molecule has 1 saturated heterocycles. The van der Waals surface area contributed by atoms with Gasteiger partial charge >= 0.3 is 0 Å². The molecule has 0 aliphatic carbocycles. The molecule has 0 aromatic rings. The molecular weight excluding hydrogens is 146 g/mol. The predicted octanol–water partition coefficient (Wildman–Crippen LogP) is 0.0911. The number of rotatable bonds is 2. The van der Waals surface area contributed by atoms with Gasteiger partial charge in [0.2, 0.25) is 0 Å². The van der Waals surface area contributed by atoms with Crippen molar-refractivity contribution in [2.45, 2.75) is 13.3 Å². The van der Waals surface area contributed by atoms with E-state index in [9.17, 15) is 0 Å². The van der Waals surface area contributed by atoms with Gasteiger partial charge in [0.05, 0.1) is 13.3 Å². The fourth-order valence-electron chi connectivity index (χ4n) is 0.963. The third-order valence-corrected chi connectivity index (χ3v) is 1.85. The zero-order chi connectivity index (χ0) is 7.40. The zero-order valence-electron chi connectivity index (χ0n) is 6.18. The second-order valence-electron chi connectivity index (χ2n) is 2.33. The van der Waals surface area contributed by atoms with Crippen molar-refractivity contribution in [1.29, 1.82) is 0 Å². The van der Waals surface area contributed by atoms with E-state index >= 15 is 0 Å². The minimum absolute atomic E-state index is 0.805. The van der Waals surface area contributed by atoms with Gasteiger partial charge in [-0.25, -0.2) is 0 Å². The highest BCUT2D eigenvalue weighted by atomic mass is 32.1. The van der Waals surface area contributed by atoms with Crippen LogP contribution in [0.5, 0.6) is 0 Å². The van der Waals surface area contributed by atoms with Crippen LogP contribution in [0.15, 0.2) is 0 Å². The molecule has 58 valence electrons. The van der Waals surface area contributed by atoms with E-state index < -0.39 is 0 Å². The van der Waals surface area contributed by atoms with Crippen LogP contribution in [0.4, 0.5) is 0 Å². The van der Waals surface area contributed by atoms with Crippen LogP contribution in [0.3, 0.4) is 0 Å². The van der Waals surface area contributed by atoms with Crippen LogP contribution in [0.2, 0.25) is 0 Å². The standard InChI is InChI=1S/C6H13N3S/c1-2-3-9-5-7-4-8-6(9)10/h7H,2-5H2,1H3,(H,8,10). The molecule has 10 heavy (non-hydrogen) atoms. The lowest BCUT2D eigenvalue weighted by atomic mass is 10.4. The first-order valence-electron chi connectivity index (χ1n) is 3.58. The lowest BCUT2D eigenvalue weighted by Crippen LogP contribution is -2.54. The Morgan fingerprint density at radius 1 is 1.70 bits per heavy atom. The van der Waals surface area contributed by atoms with Crippen LogP contribution in [-0.2, 0) is 0 Å². The second kappa shape index (κ2) is 3.73. The first-order chi connectivity index (χ1) is 4.84. The molecule has 4 heteroatoms. The number of hydrogen-bond donors (Lipinski definition) is 2. The van der Waals surface area contributed by atoms with E-state index in [1.165, 1.54) is 0 Å². The number of nitrogens with one attached hydrogen (secondary N) is 2. The number of nitrogens with zero attached hydrogens (tertiary/aromatic N) is 1. The Morgan fingerprint density at radius 2 is 2.50 bits per heavy atom. The second-order valence-corrected chi connectivity index (χ2v) is 2.72. The smallest absolute Gasteiger partial charge is 0.170 e. The first kappa shape index (κ1) is 7.75. The topological polar surface area (TPSA) is 27.3 Å². The van der Waals surface area contributed by atoms with Crippen molar-refractivity contribution >= 4 is 17.3 Å². The average Bonchev–Trinajstić information content (AvgIpc) is 1.94. The summed E-state index contributed by atoms with van der Waals surface area (Å²) in [6.45, 7) is 4.88. The zero-order valence-corrected chi connectivity index (χ0v) is 7.00. The van der Waals surface area contributed by atoms with Crippen molar-refractivity contribution < 1.29 is 0 Å². The van der Waals surface area contributed by atoms with Gasteiger partial charge in [0.15, 0.2) is 5.11 Å². The Bertz CT molecular complexity index is 124. The molecule has 1 aliphatic rings. The fourth-order valence-corrected chi connectivity index (χ4v) is 1.19. The van der Waals surface area contributed by atoms with Crippen molar-refractivity contribution in [3.63, 3.8) is 0 Å². The van der Waals surface area contributed by atoms with Gasteiger partial charge in [-0.2, -0.15) is 0 Å². The Balaban J connectivity index is 2.32. The maximum Gasteiger partial charge on any atom is 0.170 e. The third kappa shape index (κ3) is 1.82. The maximum atomic E-state index is 5.07. The van der Waals surface area contributed by atoms with Crippen LogP contribution < -0.4 is 10.6 Å². The molecule has 1 rings (SSSR count). The summed E-state index contributed by atoms with van der Waals surface area (Å²) < 4.78 is 0. The fraction of sp³-hybridized carbons (Fsp3) is 0.833. The highest BCUT2D eigenvalue weighted by molar-refractivity contribution is 7.80. The summed E-state index contributed by atoms with van der Waals surface area (Å²) in [6, 6.07) is 0. The van der Waals surface area contributed by atoms with Crippen molar-refractivity contribution in [1.82, 2.24) is 15.5 Å². The summed E-state index contributed by atoms with van der Waals surface area (Å²) in [5.74, 6) is 0. The summed E-state index contributed by atoms with van der Waals surface area (Å²) in [5, 5.41) is 7.12. The summed E-state index contributed by atoms with van der Waals surface area (Å²) in [7, 11) is 0. The van der Waals surface area contributed by atoms with Gasteiger partial charge in [-0.15, -0.1) is 0 Å². The molecule has 0 bridgehead atoms. The van der Waals surface area contributed by atoms with Gasteiger partial charge in [0, 0.05) is 6.54 Å². The molecular formula is C6H13N3S. The maximum absolute atomic E-state index is 5.07. The van der Waals surface area contributed by atoms with Crippen molar-refractivity contribution in [3.8, 4) is 0 Å². The van der Waals surface area contributed by atoms with Crippen LogP contribution in [0, 0.1) is 0 Å². The van der Waals surface area contributed by atoms with Gasteiger partial charge in [-0.3, -0.25) is 5.32 Å². The van der Waals surface area contributed by atoms with Crippen LogP contribution >= 0.6 is 12.2 Å². The van der Waals surface area contributed by atoms with E-state index in [1.54, 1.807) is 0 Å². The van der Waals surface area contributed by atoms with Crippen molar-refractivity contribution in [2.75, 3.05) is 19.9 Å². The molecule has 0 unspecified atom stereocenters. The lowest BCUT2D eigenvalue weighted by molar-refractivity contribution is 0.342. The van der Waals surface area contributed by atoms with Gasteiger partial charge in [0.25, 0.3) is 0 Å². The van der Waals surface area contributed by atoms with E-state index in [0.29, 0.717) is 0 Å². The van der Waals surface area contributed by atoms with Gasteiger partial charge < -0.3 is 10.2 Å². The van der Waals surface area contributed by atoms with E-state index in [4.69, 9.17) is 12.2 Å². The monoisotopic (exact) mass is 159 g/mol. The van der Waals surface area contributed by atoms with E-state index in [-0.39, 0.29) is 0 Å². The number of hydrogen-bond acceptors (Lipinski definition) is 2. The normalized spacial score (nSPS) is 18.9. The van der Waals surface area contributed by atoms with Gasteiger partial charge in [-0.05, 0) is 18.6 Å². The molecule has 0 amide bonds. The average molecular weight is 159 g/mol. The van der Waals surface area contributed by atoms with Crippen LogP contribution in [-0.4, -0.2) is 29.9 Å². The summed E-state index contributed by atoms with van der Waals surface area (Å²) in [6.07, 6.45) is 1.14. The van der Waals surface area contributed by atoms with E-state index in [0.717, 1.165) is 31.4 Å². The largest absolute Gasteiger partial charge is 0.350 e. The highest BCUT2D eigenvalue weighted by Gasteiger charge is 2.10. The lowest BCUT2D eigenvalue weighted by Gasteiger charge is -2.30. The summed E-state index contributed by atoms with van der Waals surface area (Å²) in [5.41, 5.74) is 0. The minimum Gasteiger partial charge on any atom is -0.350 e. The summed E-state index contributed by atoms with van der Waals surface area (Å²) in [4.78, 5) is 2.12. The quantitative estimate of drug-likeness (QED) is 0.558. The van der Waals surface area contributed by atoms with E-state index in [1.807, 2.05) is 0 Å². The minimum atomic E-state index is 0.805. The highest BCUT2D eigenvalue weighted by Crippen LogP contribution is 1.93. The molecule has 1 aliphatic heterocycles. The Morgan fingerprint density at radius 3 is 3.10 bits per heavy atom. The van der Waals surface area contributed by atoms with Crippen LogP contribution in [0.25, 0.3) is 0 Å². The Labute approximate surface area is 66.8 Å². The summed E-state index contributed by atoms with van der Waals surface area (Å²) >= 11 is 5.07. The Kier molecular flexibility index (Phi) is 2.89. The van der Waals surface area contributed by atoms with Crippen LogP contribution in [0.1, 0.15) is 13.3 Å². The Hall–Kier alpha value is -0.350. The third-order valence-electron chi connectivity index (χ3n) is 1.45. The molecule has 3 nitrogen and oxygen atoms in total. The number of thiocarbonyl (C=S) groups is 1. The molecule has 0 atom stereocenters. The van der Waals surface area contributed by atoms with Gasteiger partial charge in [0.1, 0.15) is 0 Å². The van der Waals surface area contributed by atoms with E-state index in [2.05, 4.69) is 22.5 Å². The molecule has 0 aromatic carbocycles. The van der Waals surface area contributed by atoms with Gasteiger partial charge in [-0.1, -0.05) is 6.92 Å². The van der Waals surface area contributed by atoms with Crippen molar-refractivity contribution in [2.24, 2.45) is 0 Å². The molecule has 0 spiro atoms. The molecule has 1 heterocycles. The first-order valence-corrected chi connectivity index (χ1v) is 3.99. The molecule has 0 aromatic heterocycles. The SMILES string of the molecule is CCCN1CNCNC1=S. The molecule has 1 fully saturated rings. The molecule has 2 N–H and O–H groups in total. The predicted molar refractivity (Wildman–Crippen MR) is 45.6 cm³/mol. The van der Waals surface area contributed by atoms with Crippen molar-refractivity contribution in [3.05, 3.63) is 0 Å². The molecule has 0 radical (unpaired) electrons. The molecule has 0 saturated carbocycles.